The number of amides is 2. The third-order valence-corrected chi connectivity index (χ3v) is 3.41. The number of hydrogen-bond donors (Lipinski definition) is 2. The lowest BCUT2D eigenvalue weighted by atomic mass is 10.2. The molecule has 0 saturated heterocycles. The maximum atomic E-state index is 11.6. The summed E-state index contributed by atoms with van der Waals surface area (Å²) in [5, 5.41) is 3.25. The van der Waals surface area contributed by atoms with Crippen LogP contribution in [0, 0.1) is 6.92 Å². The van der Waals surface area contributed by atoms with E-state index in [1.165, 1.54) is 11.8 Å². The number of rotatable bonds is 6. The highest BCUT2D eigenvalue weighted by molar-refractivity contribution is 7.99. The summed E-state index contributed by atoms with van der Waals surface area (Å²) in [6.45, 7) is 1.93. The molecule has 0 heterocycles. The average molecular weight is 287 g/mol. The van der Waals surface area contributed by atoms with Gasteiger partial charge in [-0.2, -0.15) is 11.8 Å². The lowest BCUT2D eigenvalue weighted by Gasteiger charge is -2.07. The molecule has 0 fully saturated rings. The zero-order chi connectivity index (χ0) is 13.5. The van der Waals surface area contributed by atoms with Crippen molar-refractivity contribution >= 4 is 40.9 Å². The van der Waals surface area contributed by atoms with E-state index in [9.17, 15) is 9.59 Å². The van der Waals surface area contributed by atoms with Gasteiger partial charge in [0.1, 0.15) is 0 Å². The monoisotopic (exact) mass is 286 g/mol. The number of nitrogens with one attached hydrogen (secondary N) is 1. The van der Waals surface area contributed by atoms with Gasteiger partial charge in [-0.15, -0.1) is 0 Å². The van der Waals surface area contributed by atoms with Crippen molar-refractivity contribution in [3.05, 3.63) is 28.8 Å². The second-order valence-corrected chi connectivity index (χ2v) is 5.31. The Morgan fingerprint density at radius 3 is 2.78 bits per heavy atom. The molecule has 3 N–H and O–H groups in total. The number of benzene rings is 1. The first-order valence-electron chi connectivity index (χ1n) is 5.41. The number of hydrogen-bond acceptors (Lipinski definition) is 3. The van der Waals surface area contributed by atoms with Crippen molar-refractivity contribution in [2.75, 3.05) is 16.8 Å². The van der Waals surface area contributed by atoms with Crippen LogP contribution in [-0.2, 0) is 9.59 Å². The first-order chi connectivity index (χ1) is 8.49. The minimum atomic E-state index is -0.373. The smallest absolute Gasteiger partial charge is 0.227 e. The molecule has 6 heteroatoms. The summed E-state index contributed by atoms with van der Waals surface area (Å²) in [6.07, 6.45) is 0.322. The summed E-state index contributed by atoms with van der Waals surface area (Å²) in [4.78, 5) is 22.1. The standard InChI is InChI=1S/C12H15ClN2O2S/c1-8-2-3-10(9(13)6-8)15-12(17)4-5-18-7-11(14)16/h2-3,6H,4-5,7H2,1H3,(H2,14,16)(H,15,17). The first kappa shape index (κ1) is 14.9. The molecule has 0 aliphatic heterocycles. The van der Waals surface area contributed by atoms with Gasteiger partial charge >= 0.3 is 0 Å². The van der Waals surface area contributed by atoms with E-state index in [4.69, 9.17) is 17.3 Å². The van der Waals surface area contributed by atoms with Crippen LogP contribution < -0.4 is 11.1 Å². The average Bonchev–Trinajstić information content (AvgIpc) is 2.28. The molecule has 0 saturated carbocycles. The molecule has 0 aromatic heterocycles. The van der Waals surface area contributed by atoms with Crippen molar-refractivity contribution in [2.45, 2.75) is 13.3 Å². The Morgan fingerprint density at radius 2 is 2.17 bits per heavy atom. The number of halogens is 1. The molecule has 0 aliphatic carbocycles. The number of carbonyl (C=O) groups excluding carboxylic acids is 2. The van der Waals surface area contributed by atoms with Crippen LogP contribution in [0.4, 0.5) is 5.69 Å². The molecule has 1 aromatic carbocycles. The molecular weight excluding hydrogens is 272 g/mol. The van der Waals surface area contributed by atoms with Crippen molar-refractivity contribution in [3.63, 3.8) is 0 Å². The topological polar surface area (TPSA) is 72.2 Å². The van der Waals surface area contributed by atoms with Gasteiger partial charge in [-0.05, 0) is 24.6 Å². The SMILES string of the molecule is Cc1ccc(NC(=O)CCSCC(N)=O)c(Cl)c1. The van der Waals surface area contributed by atoms with Crippen LogP contribution in [0.5, 0.6) is 0 Å². The predicted octanol–water partition coefficient (Wildman–Crippen LogP) is 2.20. The Labute approximate surface area is 115 Å². The minimum Gasteiger partial charge on any atom is -0.369 e. The van der Waals surface area contributed by atoms with Crippen LogP contribution in [0.2, 0.25) is 5.02 Å². The molecule has 0 bridgehead atoms. The third kappa shape index (κ3) is 5.42. The zero-order valence-electron chi connectivity index (χ0n) is 10.0. The first-order valence-corrected chi connectivity index (χ1v) is 6.94. The number of carbonyl (C=O) groups is 2. The van der Waals surface area contributed by atoms with Crippen LogP contribution in [-0.4, -0.2) is 23.3 Å². The van der Waals surface area contributed by atoms with Gasteiger partial charge in [0.25, 0.3) is 0 Å². The fourth-order valence-electron chi connectivity index (χ4n) is 1.27. The Hall–Kier alpha value is -1.20. The molecular formula is C12H15ClN2O2S. The van der Waals surface area contributed by atoms with Crippen molar-refractivity contribution in [1.29, 1.82) is 0 Å². The molecule has 98 valence electrons. The molecule has 18 heavy (non-hydrogen) atoms. The van der Waals surface area contributed by atoms with Crippen molar-refractivity contribution in [3.8, 4) is 0 Å². The summed E-state index contributed by atoms with van der Waals surface area (Å²) in [5.74, 6) is 0.288. The number of aryl methyl sites for hydroxylation is 1. The summed E-state index contributed by atoms with van der Waals surface area (Å²) in [7, 11) is 0. The molecule has 2 amide bonds. The van der Waals surface area contributed by atoms with Crippen LogP contribution in [0.15, 0.2) is 18.2 Å². The van der Waals surface area contributed by atoms with Crippen LogP contribution in [0.25, 0.3) is 0 Å². The second-order valence-electron chi connectivity index (χ2n) is 3.80. The molecule has 0 unspecified atom stereocenters. The highest BCUT2D eigenvalue weighted by Crippen LogP contribution is 2.22. The van der Waals surface area contributed by atoms with E-state index >= 15 is 0 Å². The van der Waals surface area contributed by atoms with Gasteiger partial charge in [0, 0.05) is 12.2 Å². The Morgan fingerprint density at radius 1 is 1.44 bits per heavy atom. The summed E-state index contributed by atoms with van der Waals surface area (Å²) >= 11 is 7.33. The van der Waals surface area contributed by atoms with Crippen molar-refractivity contribution < 1.29 is 9.59 Å². The van der Waals surface area contributed by atoms with E-state index in [2.05, 4.69) is 5.32 Å². The zero-order valence-corrected chi connectivity index (χ0v) is 11.6. The highest BCUT2D eigenvalue weighted by Gasteiger charge is 2.06. The summed E-state index contributed by atoms with van der Waals surface area (Å²) < 4.78 is 0. The van der Waals surface area contributed by atoms with Gasteiger partial charge in [0.15, 0.2) is 0 Å². The fraction of sp³-hybridized carbons (Fsp3) is 0.333. The van der Waals surface area contributed by atoms with Gasteiger partial charge < -0.3 is 11.1 Å². The van der Waals surface area contributed by atoms with E-state index in [0.29, 0.717) is 22.9 Å². The lowest BCUT2D eigenvalue weighted by Crippen LogP contribution is -2.15. The number of anilines is 1. The fourth-order valence-corrected chi connectivity index (χ4v) is 2.23. The molecule has 1 rings (SSSR count). The number of nitrogens with two attached hydrogens (primary N) is 1. The normalized spacial score (nSPS) is 10.1. The molecule has 0 spiro atoms. The van der Waals surface area contributed by atoms with Gasteiger partial charge in [-0.25, -0.2) is 0 Å². The summed E-state index contributed by atoms with van der Waals surface area (Å²) in [6, 6.07) is 5.44. The van der Waals surface area contributed by atoms with Gasteiger partial charge in [-0.3, -0.25) is 9.59 Å². The predicted molar refractivity (Wildman–Crippen MR) is 76.0 cm³/mol. The Balaban J connectivity index is 2.38. The minimum absolute atomic E-state index is 0.127. The van der Waals surface area contributed by atoms with Crippen molar-refractivity contribution in [2.24, 2.45) is 5.73 Å². The van der Waals surface area contributed by atoms with Gasteiger partial charge in [0.05, 0.1) is 16.5 Å². The highest BCUT2D eigenvalue weighted by atomic mass is 35.5. The summed E-state index contributed by atoms with van der Waals surface area (Å²) in [5.41, 5.74) is 6.63. The van der Waals surface area contributed by atoms with E-state index in [0.717, 1.165) is 5.56 Å². The molecule has 1 aromatic rings. The van der Waals surface area contributed by atoms with Gasteiger partial charge in [-0.1, -0.05) is 17.7 Å². The largest absolute Gasteiger partial charge is 0.369 e. The quantitative estimate of drug-likeness (QED) is 0.788. The van der Waals surface area contributed by atoms with Gasteiger partial charge in [0.2, 0.25) is 11.8 Å². The maximum absolute atomic E-state index is 11.6. The van der Waals surface area contributed by atoms with E-state index in [1.807, 2.05) is 13.0 Å². The van der Waals surface area contributed by atoms with Crippen LogP contribution >= 0.6 is 23.4 Å². The molecule has 0 atom stereocenters. The van der Waals surface area contributed by atoms with Crippen LogP contribution in [0.3, 0.4) is 0 Å². The van der Waals surface area contributed by atoms with E-state index < -0.39 is 0 Å². The maximum Gasteiger partial charge on any atom is 0.227 e. The van der Waals surface area contributed by atoms with E-state index in [1.54, 1.807) is 12.1 Å². The Bertz CT molecular complexity index is 452. The molecule has 0 aliphatic rings. The molecule has 0 radical (unpaired) electrons. The Kier molecular flexibility index (Phi) is 6.01. The lowest BCUT2D eigenvalue weighted by molar-refractivity contribution is -0.116. The number of primary amides is 1. The third-order valence-electron chi connectivity index (χ3n) is 2.12. The van der Waals surface area contributed by atoms with Crippen LogP contribution in [0.1, 0.15) is 12.0 Å². The van der Waals surface area contributed by atoms with Crippen molar-refractivity contribution in [1.82, 2.24) is 0 Å². The number of thioether (sulfide) groups is 1. The molecule has 4 nitrogen and oxygen atoms in total. The van der Waals surface area contributed by atoms with E-state index in [-0.39, 0.29) is 17.6 Å². The second kappa shape index (κ2) is 7.28.